The molecule has 1 aromatic rings. The molecule has 0 bridgehead atoms. The van der Waals surface area contributed by atoms with Crippen LogP contribution in [0.25, 0.3) is 6.08 Å². The molecule has 0 atom stereocenters. The van der Waals surface area contributed by atoms with Crippen molar-refractivity contribution in [3.05, 3.63) is 40.3 Å². The molecule has 0 aromatic heterocycles. The molecular weight excluding hydrogens is 336 g/mol. The third-order valence-corrected chi connectivity index (χ3v) is 4.06. The molecule has 0 spiro atoms. The number of rotatable bonds is 3. The quantitative estimate of drug-likeness (QED) is 0.772. The summed E-state index contributed by atoms with van der Waals surface area (Å²) in [6.45, 7) is 7.92. The zero-order valence-electron chi connectivity index (χ0n) is 11.9. The number of amides is 1. The van der Waals surface area contributed by atoms with Gasteiger partial charge in [0.05, 0.1) is 4.91 Å². The van der Waals surface area contributed by atoms with Gasteiger partial charge in [-0.2, -0.15) is 4.99 Å². The maximum Gasteiger partial charge on any atom is 0.286 e. The number of halogens is 1. The zero-order valence-corrected chi connectivity index (χ0v) is 14.4. The molecule has 108 valence electrons. The van der Waals surface area contributed by atoms with Crippen molar-refractivity contribution in [3.63, 3.8) is 0 Å². The summed E-state index contributed by atoms with van der Waals surface area (Å²) < 4.78 is 0. The molecular formula is C15H19BrN2OS. The van der Waals surface area contributed by atoms with Crippen LogP contribution in [0.15, 0.2) is 34.2 Å². The molecule has 0 aliphatic carbocycles. The molecule has 0 saturated heterocycles. The highest BCUT2D eigenvalue weighted by Gasteiger charge is 2.24. The fraction of sp³-hybridized carbons (Fsp3) is 0.333. The van der Waals surface area contributed by atoms with Crippen LogP contribution in [0.3, 0.4) is 0 Å². The summed E-state index contributed by atoms with van der Waals surface area (Å²) >= 11 is 1.46. The van der Waals surface area contributed by atoms with Crippen LogP contribution in [0.5, 0.6) is 0 Å². The number of benzene rings is 1. The Labute approximate surface area is 134 Å². The van der Waals surface area contributed by atoms with E-state index in [1.165, 1.54) is 17.3 Å². The molecule has 20 heavy (non-hydrogen) atoms. The van der Waals surface area contributed by atoms with E-state index in [1.807, 2.05) is 37.3 Å². The summed E-state index contributed by atoms with van der Waals surface area (Å²) in [5.74, 6) is -0.132. The van der Waals surface area contributed by atoms with Gasteiger partial charge in [0.2, 0.25) is 0 Å². The van der Waals surface area contributed by atoms with E-state index in [0.29, 0.717) is 4.91 Å². The Morgan fingerprint density at radius 1 is 1.20 bits per heavy atom. The molecule has 1 amide bonds. The van der Waals surface area contributed by atoms with Gasteiger partial charge in [-0.15, -0.1) is 17.0 Å². The molecule has 1 heterocycles. The topological polar surface area (TPSA) is 32.7 Å². The highest BCUT2D eigenvalue weighted by atomic mass is 79.9. The first kappa shape index (κ1) is 17.0. The van der Waals surface area contributed by atoms with Gasteiger partial charge in [0, 0.05) is 13.1 Å². The Hall–Kier alpha value is -1.07. The monoisotopic (exact) mass is 354 g/mol. The van der Waals surface area contributed by atoms with Crippen molar-refractivity contribution in [2.45, 2.75) is 20.8 Å². The predicted octanol–water partition coefficient (Wildman–Crippen LogP) is 3.89. The van der Waals surface area contributed by atoms with Gasteiger partial charge in [-0.25, -0.2) is 0 Å². The Morgan fingerprint density at radius 2 is 1.80 bits per heavy atom. The summed E-state index contributed by atoms with van der Waals surface area (Å²) in [6.07, 6.45) is 1.91. The van der Waals surface area contributed by atoms with Crippen molar-refractivity contribution in [3.8, 4) is 0 Å². The second-order valence-electron chi connectivity index (χ2n) is 4.39. The SMILES string of the molecule is Br.CCN(CC)C1=NC(=O)/C(=C/c2ccc(C)cc2)S1. The number of amidine groups is 1. The van der Waals surface area contributed by atoms with Crippen molar-refractivity contribution in [2.24, 2.45) is 4.99 Å². The maximum atomic E-state index is 11.9. The number of hydrogen-bond acceptors (Lipinski definition) is 3. The van der Waals surface area contributed by atoms with Gasteiger partial charge in [-0.05, 0) is 44.2 Å². The third-order valence-electron chi connectivity index (χ3n) is 3.02. The molecule has 0 fully saturated rings. The highest BCUT2D eigenvalue weighted by molar-refractivity contribution is 8.93. The normalized spacial score (nSPS) is 16.1. The summed E-state index contributed by atoms with van der Waals surface area (Å²) in [4.78, 5) is 18.8. The van der Waals surface area contributed by atoms with Gasteiger partial charge in [0.15, 0.2) is 5.17 Å². The number of carbonyl (C=O) groups is 1. The minimum absolute atomic E-state index is 0. The third kappa shape index (κ3) is 3.96. The molecule has 1 aliphatic heterocycles. The van der Waals surface area contributed by atoms with Crippen LogP contribution in [0.1, 0.15) is 25.0 Å². The van der Waals surface area contributed by atoms with E-state index in [1.54, 1.807) is 0 Å². The first-order valence-electron chi connectivity index (χ1n) is 6.48. The van der Waals surface area contributed by atoms with Crippen LogP contribution >= 0.6 is 28.7 Å². The van der Waals surface area contributed by atoms with Gasteiger partial charge in [0.25, 0.3) is 5.91 Å². The molecule has 0 N–H and O–H groups in total. The second kappa shape index (κ2) is 7.64. The lowest BCUT2D eigenvalue weighted by Gasteiger charge is -2.18. The Bertz CT molecular complexity index is 533. The first-order valence-corrected chi connectivity index (χ1v) is 7.30. The largest absolute Gasteiger partial charge is 0.351 e. The molecule has 0 unspecified atom stereocenters. The molecule has 3 nitrogen and oxygen atoms in total. The lowest BCUT2D eigenvalue weighted by atomic mass is 10.1. The Kier molecular flexibility index (Phi) is 6.49. The zero-order chi connectivity index (χ0) is 13.8. The Morgan fingerprint density at radius 3 is 2.35 bits per heavy atom. The van der Waals surface area contributed by atoms with E-state index in [-0.39, 0.29) is 22.9 Å². The van der Waals surface area contributed by atoms with Crippen LogP contribution in [0.4, 0.5) is 0 Å². The second-order valence-corrected chi connectivity index (χ2v) is 5.40. The van der Waals surface area contributed by atoms with Crippen LogP contribution < -0.4 is 0 Å². The van der Waals surface area contributed by atoms with E-state index in [2.05, 4.69) is 23.7 Å². The molecule has 1 aromatic carbocycles. The fourth-order valence-electron chi connectivity index (χ4n) is 1.84. The van der Waals surface area contributed by atoms with Crippen LogP contribution in [0, 0.1) is 6.92 Å². The van der Waals surface area contributed by atoms with Crippen molar-refractivity contribution in [1.29, 1.82) is 0 Å². The predicted molar refractivity (Wildman–Crippen MR) is 92.4 cm³/mol. The van der Waals surface area contributed by atoms with Gasteiger partial charge in [0.1, 0.15) is 0 Å². The number of thioether (sulfide) groups is 1. The lowest BCUT2D eigenvalue weighted by molar-refractivity contribution is -0.113. The molecule has 0 saturated carbocycles. The number of aryl methyl sites for hydroxylation is 1. The summed E-state index contributed by atoms with van der Waals surface area (Å²) in [5, 5.41) is 0.813. The minimum Gasteiger partial charge on any atom is -0.351 e. The van der Waals surface area contributed by atoms with Crippen molar-refractivity contribution >= 4 is 45.9 Å². The van der Waals surface area contributed by atoms with Gasteiger partial charge < -0.3 is 4.90 Å². The van der Waals surface area contributed by atoms with E-state index in [0.717, 1.165) is 23.8 Å². The number of carbonyl (C=O) groups excluding carboxylic acids is 1. The van der Waals surface area contributed by atoms with Crippen LogP contribution in [-0.4, -0.2) is 29.1 Å². The summed E-state index contributed by atoms with van der Waals surface area (Å²) in [6, 6.07) is 8.13. The fourth-order valence-corrected chi connectivity index (χ4v) is 2.88. The first-order chi connectivity index (χ1) is 9.13. The van der Waals surface area contributed by atoms with Crippen LogP contribution in [-0.2, 0) is 4.79 Å². The van der Waals surface area contributed by atoms with Crippen molar-refractivity contribution in [1.82, 2.24) is 4.90 Å². The lowest BCUT2D eigenvalue weighted by Crippen LogP contribution is -2.26. The van der Waals surface area contributed by atoms with Crippen LogP contribution in [0.2, 0.25) is 0 Å². The Balaban J connectivity index is 0.00000200. The molecule has 5 heteroatoms. The number of nitrogens with zero attached hydrogens (tertiary/aromatic N) is 2. The highest BCUT2D eigenvalue weighted by Crippen LogP contribution is 2.30. The van der Waals surface area contributed by atoms with E-state index in [4.69, 9.17) is 0 Å². The van der Waals surface area contributed by atoms with E-state index < -0.39 is 0 Å². The van der Waals surface area contributed by atoms with Crippen molar-refractivity contribution < 1.29 is 4.79 Å². The van der Waals surface area contributed by atoms with Gasteiger partial charge in [-0.3, -0.25) is 4.79 Å². The molecule has 2 rings (SSSR count). The molecule has 1 aliphatic rings. The van der Waals surface area contributed by atoms with E-state index >= 15 is 0 Å². The van der Waals surface area contributed by atoms with Crippen molar-refractivity contribution in [2.75, 3.05) is 13.1 Å². The maximum absolute atomic E-state index is 11.9. The standard InChI is InChI=1S/C15H18N2OS.BrH/c1-4-17(5-2)15-16-14(18)13(19-15)10-12-8-6-11(3)7-9-12;/h6-10H,4-5H2,1-3H3;1H/b13-10-;. The summed E-state index contributed by atoms with van der Waals surface area (Å²) in [5.41, 5.74) is 2.25. The van der Waals surface area contributed by atoms with Gasteiger partial charge in [-0.1, -0.05) is 29.8 Å². The number of aliphatic imine (C=N–C) groups is 1. The average Bonchev–Trinajstić information content (AvgIpc) is 2.75. The number of hydrogen-bond donors (Lipinski definition) is 0. The smallest absolute Gasteiger partial charge is 0.286 e. The van der Waals surface area contributed by atoms with E-state index in [9.17, 15) is 4.79 Å². The van der Waals surface area contributed by atoms with Gasteiger partial charge >= 0.3 is 0 Å². The minimum atomic E-state index is -0.132. The molecule has 0 radical (unpaired) electrons. The average molecular weight is 355 g/mol. The summed E-state index contributed by atoms with van der Waals surface area (Å²) in [7, 11) is 0.